The standard InChI is InChI=1S/C14H18ClN3/c1-9-11(15)3-4-12-14(9)18(2)13(17-12)7-10-5-6-16-8-10/h3-4,10,16H,5-8H2,1-2H3. The van der Waals surface area contributed by atoms with Gasteiger partial charge in [0.2, 0.25) is 0 Å². The smallest absolute Gasteiger partial charge is 0.109 e. The van der Waals surface area contributed by atoms with Crippen molar-refractivity contribution in [3.8, 4) is 0 Å². The second-order valence-electron chi connectivity index (χ2n) is 5.19. The first-order chi connectivity index (χ1) is 8.66. The summed E-state index contributed by atoms with van der Waals surface area (Å²) in [5.74, 6) is 1.89. The third kappa shape index (κ3) is 1.91. The normalized spacial score (nSPS) is 19.8. The maximum absolute atomic E-state index is 6.19. The molecule has 96 valence electrons. The van der Waals surface area contributed by atoms with Gasteiger partial charge in [-0.15, -0.1) is 0 Å². The number of fused-ring (bicyclic) bond motifs is 1. The molecule has 0 spiro atoms. The van der Waals surface area contributed by atoms with E-state index in [0.717, 1.165) is 41.5 Å². The average molecular weight is 264 g/mol. The van der Waals surface area contributed by atoms with E-state index in [-0.39, 0.29) is 0 Å². The Labute approximate surface area is 112 Å². The first-order valence-corrected chi connectivity index (χ1v) is 6.85. The van der Waals surface area contributed by atoms with Crippen LogP contribution in [0, 0.1) is 12.8 Å². The fourth-order valence-electron chi connectivity index (χ4n) is 2.85. The van der Waals surface area contributed by atoms with Crippen molar-refractivity contribution in [1.29, 1.82) is 0 Å². The topological polar surface area (TPSA) is 29.9 Å². The van der Waals surface area contributed by atoms with Crippen LogP contribution in [0.1, 0.15) is 17.8 Å². The molecule has 4 heteroatoms. The summed E-state index contributed by atoms with van der Waals surface area (Å²) in [6, 6.07) is 3.95. The zero-order valence-corrected chi connectivity index (χ0v) is 11.6. The van der Waals surface area contributed by atoms with Gasteiger partial charge in [-0.05, 0) is 50.0 Å². The van der Waals surface area contributed by atoms with Gasteiger partial charge in [0, 0.05) is 18.5 Å². The van der Waals surface area contributed by atoms with Crippen LogP contribution in [-0.2, 0) is 13.5 Å². The summed E-state index contributed by atoms with van der Waals surface area (Å²) in [5, 5.41) is 4.23. The van der Waals surface area contributed by atoms with Crippen molar-refractivity contribution in [2.45, 2.75) is 19.8 Å². The second kappa shape index (κ2) is 4.56. The highest BCUT2D eigenvalue weighted by Crippen LogP contribution is 2.26. The number of rotatable bonds is 2. The van der Waals surface area contributed by atoms with Crippen LogP contribution in [0.25, 0.3) is 11.0 Å². The molecule has 1 aromatic carbocycles. The summed E-state index contributed by atoms with van der Waals surface area (Å²) >= 11 is 6.19. The molecule has 0 amide bonds. The van der Waals surface area contributed by atoms with E-state index in [9.17, 15) is 0 Å². The molecule has 1 fully saturated rings. The molecule has 1 unspecified atom stereocenters. The van der Waals surface area contributed by atoms with Crippen LogP contribution in [0.5, 0.6) is 0 Å². The number of hydrogen-bond donors (Lipinski definition) is 1. The molecular formula is C14H18ClN3. The largest absolute Gasteiger partial charge is 0.331 e. The Morgan fingerprint density at radius 2 is 2.33 bits per heavy atom. The van der Waals surface area contributed by atoms with Crippen molar-refractivity contribution < 1.29 is 0 Å². The third-order valence-electron chi connectivity index (χ3n) is 3.95. The van der Waals surface area contributed by atoms with Crippen LogP contribution in [0.4, 0.5) is 0 Å². The van der Waals surface area contributed by atoms with Gasteiger partial charge in [0.25, 0.3) is 0 Å². The van der Waals surface area contributed by atoms with Crippen molar-refractivity contribution in [2.75, 3.05) is 13.1 Å². The Kier molecular flexibility index (Phi) is 3.04. The SMILES string of the molecule is Cc1c(Cl)ccc2nc(CC3CCNC3)n(C)c12. The Morgan fingerprint density at radius 1 is 1.50 bits per heavy atom. The minimum Gasteiger partial charge on any atom is -0.331 e. The predicted molar refractivity (Wildman–Crippen MR) is 75.1 cm³/mol. The van der Waals surface area contributed by atoms with Crippen LogP contribution in [0.3, 0.4) is 0 Å². The first-order valence-electron chi connectivity index (χ1n) is 6.48. The van der Waals surface area contributed by atoms with Gasteiger partial charge in [0.05, 0.1) is 11.0 Å². The van der Waals surface area contributed by atoms with Crippen LogP contribution in [0.15, 0.2) is 12.1 Å². The molecule has 0 aliphatic carbocycles. The Bertz CT molecular complexity index is 582. The number of aromatic nitrogens is 2. The molecule has 1 atom stereocenters. The fraction of sp³-hybridized carbons (Fsp3) is 0.500. The van der Waals surface area contributed by atoms with Gasteiger partial charge in [-0.25, -0.2) is 4.98 Å². The van der Waals surface area contributed by atoms with E-state index >= 15 is 0 Å². The van der Waals surface area contributed by atoms with Gasteiger partial charge in [0.1, 0.15) is 5.82 Å². The zero-order chi connectivity index (χ0) is 12.7. The van der Waals surface area contributed by atoms with Crippen molar-refractivity contribution >= 4 is 22.6 Å². The summed E-state index contributed by atoms with van der Waals surface area (Å²) < 4.78 is 2.20. The third-order valence-corrected chi connectivity index (χ3v) is 4.36. The lowest BCUT2D eigenvalue weighted by Crippen LogP contribution is -2.13. The number of halogens is 1. The number of nitrogens with one attached hydrogen (secondary N) is 1. The van der Waals surface area contributed by atoms with Gasteiger partial charge in [-0.3, -0.25) is 0 Å². The summed E-state index contributed by atoms with van der Waals surface area (Å²) in [7, 11) is 2.09. The van der Waals surface area contributed by atoms with Crippen molar-refractivity contribution in [1.82, 2.24) is 14.9 Å². The Balaban J connectivity index is 2.02. The molecule has 1 aliphatic rings. The molecular weight excluding hydrogens is 246 g/mol. The molecule has 0 saturated carbocycles. The summed E-state index contributed by atoms with van der Waals surface area (Å²) in [6.45, 7) is 4.32. The van der Waals surface area contributed by atoms with Crippen molar-refractivity contribution in [3.05, 3.63) is 28.5 Å². The lowest BCUT2D eigenvalue weighted by Gasteiger charge is -2.08. The van der Waals surface area contributed by atoms with Crippen LogP contribution < -0.4 is 5.32 Å². The van der Waals surface area contributed by atoms with E-state index in [2.05, 4.69) is 23.9 Å². The fourth-order valence-corrected chi connectivity index (χ4v) is 3.00. The Hall–Kier alpha value is -1.06. The van der Waals surface area contributed by atoms with E-state index in [1.165, 1.54) is 17.8 Å². The number of nitrogens with zero attached hydrogens (tertiary/aromatic N) is 2. The maximum atomic E-state index is 6.19. The van der Waals surface area contributed by atoms with Gasteiger partial charge < -0.3 is 9.88 Å². The number of hydrogen-bond acceptors (Lipinski definition) is 2. The van der Waals surface area contributed by atoms with Gasteiger partial charge >= 0.3 is 0 Å². The molecule has 2 heterocycles. The van der Waals surface area contributed by atoms with Crippen LogP contribution >= 0.6 is 11.6 Å². The van der Waals surface area contributed by atoms with Gasteiger partial charge in [0.15, 0.2) is 0 Å². The molecule has 0 radical (unpaired) electrons. The minimum atomic E-state index is 0.719. The molecule has 1 aliphatic heterocycles. The monoisotopic (exact) mass is 263 g/mol. The number of benzene rings is 1. The van der Waals surface area contributed by atoms with Crippen LogP contribution in [0.2, 0.25) is 5.02 Å². The predicted octanol–water partition coefficient (Wildman–Crippen LogP) is 2.69. The van der Waals surface area contributed by atoms with Crippen molar-refractivity contribution in [2.24, 2.45) is 13.0 Å². The molecule has 3 rings (SSSR count). The molecule has 1 N–H and O–H groups in total. The minimum absolute atomic E-state index is 0.719. The van der Waals surface area contributed by atoms with E-state index in [0.29, 0.717) is 0 Å². The lowest BCUT2D eigenvalue weighted by atomic mass is 10.0. The lowest BCUT2D eigenvalue weighted by molar-refractivity contribution is 0.552. The Morgan fingerprint density at radius 3 is 3.06 bits per heavy atom. The van der Waals surface area contributed by atoms with Gasteiger partial charge in [-0.1, -0.05) is 11.6 Å². The molecule has 1 saturated heterocycles. The number of imidazole rings is 1. The van der Waals surface area contributed by atoms with Crippen LogP contribution in [-0.4, -0.2) is 22.6 Å². The van der Waals surface area contributed by atoms with E-state index in [1.807, 2.05) is 12.1 Å². The van der Waals surface area contributed by atoms with E-state index < -0.39 is 0 Å². The molecule has 2 aromatic rings. The molecule has 0 bridgehead atoms. The molecule has 18 heavy (non-hydrogen) atoms. The van der Waals surface area contributed by atoms with E-state index in [4.69, 9.17) is 16.6 Å². The molecule has 1 aromatic heterocycles. The highest BCUT2D eigenvalue weighted by Gasteiger charge is 2.19. The first kappa shape index (κ1) is 12.0. The zero-order valence-electron chi connectivity index (χ0n) is 10.8. The second-order valence-corrected chi connectivity index (χ2v) is 5.60. The quantitative estimate of drug-likeness (QED) is 0.903. The number of aryl methyl sites for hydroxylation is 2. The highest BCUT2D eigenvalue weighted by molar-refractivity contribution is 6.32. The highest BCUT2D eigenvalue weighted by atomic mass is 35.5. The van der Waals surface area contributed by atoms with Gasteiger partial charge in [-0.2, -0.15) is 0 Å². The summed E-state index contributed by atoms with van der Waals surface area (Å²) in [6.07, 6.45) is 2.30. The summed E-state index contributed by atoms with van der Waals surface area (Å²) in [4.78, 5) is 4.75. The van der Waals surface area contributed by atoms with E-state index in [1.54, 1.807) is 0 Å². The maximum Gasteiger partial charge on any atom is 0.109 e. The average Bonchev–Trinajstić information content (AvgIpc) is 2.95. The summed E-state index contributed by atoms with van der Waals surface area (Å²) in [5.41, 5.74) is 3.35. The molecule has 3 nitrogen and oxygen atoms in total. The van der Waals surface area contributed by atoms with Crippen molar-refractivity contribution in [3.63, 3.8) is 0 Å².